The Morgan fingerprint density at radius 3 is 1.30 bits per heavy atom. The number of hydrogen-bond donors (Lipinski definition) is 0. The van der Waals surface area contributed by atoms with Gasteiger partial charge in [0.25, 0.3) is 0 Å². The predicted octanol–water partition coefficient (Wildman–Crippen LogP) is 11.4. The third-order valence-electron chi connectivity index (χ3n) is 8.91. The molecule has 0 saturated carbocycles. The van der Waals surface area contributed by atoms with Crippen molar-refractivity contribution in [3.63, 3.8) is 0 Å². The fourth-order valence-corrected chi connectivity index (χ4v) is 5.35. The lowest BCUT2D eigenvalue weighted by molar-refractivity contribution is -0.870. The van der Waals surface area contributed by atoms with Gasteiger partial charge in [-0.2, -0.15) is 0 Å². The molecule has 0 aliphatic heterocycles. The number of ether oxygens (including phenoxy) is 4. The first-order valence-electron chi connectivity index (χ1n) is 23.3. The van der Waals surface area contributed by atoms with E-state index in [0.29, 0.717) is 23.9 Å². The molecule has 0 heterocycles. The summed E-state index contributed by atoms with van der Waals surface area (Å²) in [5, 5.41) is 11.7. The monoisotopic (exact) mass is 874 g/mol. The van der Waals surface area contributed by atoms with Crippen LogP contribution in [0.25, 0.3) is 0 Å². The van der Waals surface area contributed by atoms with Crippen LogP contribution < -0.4 is 5.11 Å². The lowest BCUT2D eigenvalue weighted by Crippen LogP contribution is -2.44. The number of rotatable bonds is 40. The second-order valence-corrected chi connectivity index (χ2v) is 15.9. The zero-order chi connectivity index (χ0) is 46.3. The van der Waals surface area contributed by atoms with Gasteiger partial charge in [-0.15, -0.1) is 0 Å². The molecule has 0 bridgehead atoms. The fourth-order valence-electron chi connectivity index (χ4n) is 5.35. The topological polar surface area (TPSA) is 111 Å². The van der Waals surface area contributed by atoms with E-state index >= 15 is 0 Å². The van der Waals surface area contributed by atoms with Crippen molar-refractivity contribution >= 4 is 17.9 Å². The van der Waals surface area contributed by atoms with Gasteiger partial charge in [-0.3, -0.25) is 9.59 Å². The van der Waals surface area contributed by atoms with Crippen molar-refractivity contribution in [2.45, 2.75) is 142 Å². The van der Waals surface area contributed by atoms with E-state index in [4.69, 9.17) is 18.9 Å². The van der Waals surface area contributed by atoms with Crippen molar-refractivity contribution in [3.8, 4) is 0 Å². The van der Waals surface area contributed by atoms with Crippen molar-refractivity contribution < 1.29 is 42.9 Å². The Bertz CT molecular complexity index is 1480. The number of allylic oxidation sites excluding steroid dienone is 22. The third-order valence-corrected chi connectivity index (χ3v) is 8.91. The number of quaternary nitrogens is 1. The highest BCUT2D eigenvalue weighted by atomic mass is 16.7. The number of esters is 2. The zero-order valence-electron chi connectivity index (χ0n) is 39.6. The van der Waals surface area contributed by atoms with Crippen LogP contribution in [0.3, 0.4) is 0 Å². The van der Waals surface area contributed by atoms with Gasteiger partial charge in [0.05, 0.1) is 40.3 Å². The molecule has 0 fully saturated rings. The van der Waals surface area contributed by atoms with E-state index in [0.717, 1.165) is 89.9 Å². The van der Waals surface area contributed by atoms with Gasteiger partial charge >= 0.3 is 11.9 Å². The number of carboxylic acids is 1. The summed E-state index contributed by atoms with van der Waals surface area (Å²) in [6.07, 6.45) is 59.3. The second kappa shape index (κ2) is 44.1. The van der Waals surface area contributed by atoms with Crippen LogP contribution in [-0.2, 0) is 33.3 Å². The molecule has 0 aromatic heterocycles. The molecule has 0 aliphatic rings. The van der Waals surface area contributed by atoms with Crippen molar-refractivity contribution in [2.24, 2.45) is 0 Å². The molecule has 0 N–H and O–H groups in total. The highest BCUT2D eigenvalue weighted by Gasteiger charge is 2.21. The van der Waals surface area contributed by atoms with Crippen LogP contribution in [0.15, 0.2) is 134 Å². The van der Waals surface area contributed by atoms with Crippen molar-refractivity contribution in [1.82, 2.24) is 0 Å². The van der Waals surface area contributed by atoms with E-state index in [9.17, 15) is 19.5 Å². The molecule has 0 radical (unpaired) electrons. The second-order valence-electron chi connectivity index (χ2n) is 15.9. The number of unbranched alkanes of at least 4 members (excludes halogenated alkanes) is 3. The van der Waals surface area contributed by atoms with E-state index in [1.165, 1.54) is 0 Å². The lowest BCUT2D eigenvalue weighted by atomic mass is 10.1. The summed E-state index contributed by atoms with van der Waals surface area (Å²) < 4.78 is 22.4. The predicted molar refractivity (Wildman–Crippen MR) is 259 cm³/mol. The van der Waals surface area contributed by atoms with Gasteiger partial charge < -0.3 is 33.3 Å². The number of likely N-dealkylation sites (N-methyl/N-ethyl adjacent to an activating group) is 1. The summed E-state index contributed by atoms with van der Waals surface area (Å²) in [4.78, 5) is 37.0. The van der Waals surface area contributed by atoms with Gasteiger partial charge in [-0.25, -0.2) is 0 Å². The van der Waals surface area contributed by atoms with Crippen LogP contribution in [0.5, 0.6) is 0 Å². The molecule has 0 saturated heterocycles. The van der Waals surface area contributed by atoms with E-state index in [2.05, 4.69) is 135 Å². The van der Waals surface area contributed by atoms with Crippen molar-refractivity contribution in [3.05, 3.63) is 134 Å². The largest absolute Gasteiger partial charge is 0.545 e. The minimum atomic E-state index is -1.66. The first kappa shape index (κ1) is 58.4. The average molecular weight is 874 g/mol. The number of carbonyl (C=O) groups is 3. The SMILES string of the molecule is CC/C=C\C/C=C\C/C=C\C/C=C\C/C=C\C/C=C\CCC(=O)OC(COC(=O)CCCCC/C=C\C/C=C\C/C=C\C/C=C\C/C=C\CC)COC(OCC[N+](C)(C)C)C(=O)[O-]. The van der Waals surface area contributed by atoms with E-state index in [-0.39, 0.29) is 32.7 Å². The van der Waals surface area contributed by atoms with Crippen LogP contribution >= 0.6 is 0 Å². The molecule has 0 amide bonds. The maximum absolute atomic E-state index is 12.7. The van der Waals surface area contributed by atoms with Gasteiger partial charge in [-0.1, -0.05) is 154 Å². The van der Waals surface area contributed by atoms with Crippen molar-refractivity contribution in [2.75, 3.05) is 47.5 Å². The Labute approximate surface area is 382 Å². The first-order chi connectivity index (χ1) is 30.6. The number of nitrogens with zero attached hydrogens (tertiary/aromatic N) is 1. The van der Waals surface area contributed by atoms with Gasteiger partial charge in [0, 0.05) is 12.8 Å². The minimum Gasteiger partial charge on any atom is -0.545 e. The van der Waals surface area contributed by atoms with Crippen LogP contribution in [0.4, 0.5) is 0 Å². The minimum absolute atomic E-state index is 0.106. The molecule has 9 nitrogen and oxygen atoms in total. The van der Waals surface area contributed by atoms with Crippen LogP contribution in [-0.4, -0.2) is 82.3 Å². The third kappa shape index (κ3) is 45.3. The Morgan fingerprint density at radius 1 is 0.476 bits per heavy atom. The Kier molecular flexibility index (Phi) is 40.9. The van der Waals surface area contributed by atoms with Crippen LogP contribution in [0, 0.1) is 0 Å². The molecule has 0 rings (SSSR count). The summed E-state index contributed by atoms with van der Waals surface area (Å²) in [5.74, 6) is -2.47. The molecule has 2 unspecified atom stereocenters. The van der Waals surface area contributed by atoms with Gasteiger partial charge in [0.2, 0.25) is 0 Å². The molecule has 0 aliphatic carbocycles. The first-order valence-corrected chi connectivity index (χ1v) is 23.3. The van der Waals surface area contributed by atoms with Crippen LogP contribution in [0.1, 0.15) is 129 Å². The molecule has 9 heteroatoms. The smallest absolute Gasteiger partial charge is 0.306 e. The van der Waals surface area contributed by atoms with Gasteiger partial charge in [-0.05, 0) is 96.3 Å². The number of carboxylic acid groups (broad SMARTS) is 1. The molecular weight excluding hydrogens is 791 g/mol. The Morgan fingerprint density at radius 2 is 0.889 bits per heavy atom. The molecular formula is C54H83NO8. The zero-order valence-corrected chi connectivity index (χ0v) is 39.6. The Hall–Kier alpha value is -4.57. The van der Waals surface area contributed by atoms with Crippen molar-refractivity contribution in [1.29, 1.82) is 0 Å². The number of hydrogen-bond acceptors (Lipinski definition) is 8. The van der Waals surface area contributed by atoms with E-state index in [1.54, 1.807) is 0 Å². The summed E-state index contributed by atoms with van der Waals surface area (Å²) in [6.45, 7) is 4.34. The normalized spacial score (nSPS) is 14.1. The summed E-state index contributed by atoms with van der Waals surface area (Å²) in [7, 11) is 5.86. The number of aliphatic carboxylic acids is 1. The number of carbonyl (C=O) groups excluding carboxylic acids is 3. The Balaban J connectivity index is 4.63. The van der Waals surface area contributed by atoms with Crippen LogP contribution in [0.2, 0.25) is 0 Å². The van der Waals surface area contributed by atoms with Gasteiger partial charge in [0.15, 0.2) is 12.4 Å². The van der Waals surface area contributed by atoms with E-state index < -0.39 is 30.3 Å². The van der Waals surface area contributed by atoms with E-state index in [1.807, 2.05) is 33.3 Å². The maximum Gasteiger partial charge on any atom is 0.306 e. The average Bonchev–Trinajstić information content (AvgIpc) is 3.24. The maximum atomic E-state index is 12.7. The summed E-state index contributed by atoms with van der Waals surface area (Å²) in [5.41, 5.74) is 0. The molecule has 2 atom stereocenters. The highest BCUT2D eigenvalue weighted by molar-refractivity contribution is 5.70. The summed E-state index contributed by atoms with van der Waals surface area (Å²) >= 11 is 0. The summed E-state index contributed by atoms with van der Waals surface area (Å²) in [6, 6.07) is 0. The molecule has 352 valence electrons. The molecule has 63 heavy (non-hydrogen) atoms. The fraction of sp³-hybridized carbons (Fsp3) is 0.537. The molecule has 0 spiro atoms. The molecule has 0 aromatic carbocycles. The molecule has 0 aromatic rings. The lowest BCUT2D eigenvalue weighted by Gasteiger charge is -2.26. The van der Waals surface area contributed by atoms with Gasteiger partial charge in [0.1, 0.15) is 13.2 Å². The quantitative estimate of drug-likeness (QED) is 0.0197. The highest BCUT2D eigenvalue weighted by Crippen LogP contribution is 2.09. The standard InChI is InChI=1S/C54H83NO8/c1-6-8-10-12-14-16-18-20-22-24-26-28-30-32-34-36-38-40-42-44-51(56)61-48-50(49-62-54(53(58)59)60-47-46-55(3,4)5)63-52(57)45-43-41-39-37-35-33-31-29-27-25-23-21-19-17-15-13-11-9-7-2/h8-11,14-17,20-23,26-29,32-35,39,41,50,54H,6-7,12-13,18-19,24-25,30-31,36-38,40,42-49H2,1-5H3/b10-8-,11-9-,16-14-,17-15-,22-20-,23-21-,28-26-,29-27-,34-32-,35-33-,41-39-.